The minimum absolute atomic E-state index is 0.0160. The molecule has 0 spiro atoms. The van der Waals surface area contributed by atoms with Gasteiger partial charge in [-0.2, -0.15) is 0 Å². The lowest BCUT2D eigenvalue weighted by Crippen LogP contribution is -2.40. The van der Waals surface area contributed by atoms with Gasteiger partial charge in [-0.3, -0.25) is 9.59 Å². The summed E-state index contributed by atoms with van der Waals surface area (Å²) in [6, 6.07) is 6.39. The number of hydrogen-bond acceptors (Lipinski definition) is 2. The second-order valence-electron chi connectivity index (χ2n) is 7.80. The third-order valence-electron chi connectivity index (χ3n) is 6.10. The quantitative estimate of drug-likeness (QED) is 0.829. The van der Waals surface area contributed by atoms with Crippen molar-refractivity contribution in [2.45, 2.75) is 32.1 Å². The van der Waals surface area contributed by atoms with E-state index in [9.17, 15) is 14.0 Å². The molecular weight excluding hydrogens is 345 g/mol. The lowest BCUT2D eigenvalue weighted by atomic mass is 9.93. The Labute approximate surface area is 158 Å². The van der Waals surface area contributed by atoms with Gasteiger partial charge in [-0.05, 0) is 55.9 Å². The molecule has 6 heteroatoms. The fraction of sp³-hybridized carbons (Fsp3) is 0.524. The number of fused-ring (bicyclic) bond motifs is 1. The maximum atomic E-state index is 13.5. The van der Waals surface area contributed by atoms with Gasteiger partial charge < -0.3 is 14.4 Å². The number of hydrogen-bond donors (Lipinski definition) is 0. The highest BCUT2D eigenvalue weighted by atomic mass is 19.1. The van der Waals surface area contributed by atoms with Gasteiger partial charge >= 0.3 is 0 Å². The number of carbonyl (C=O) groups excluding carboxylic acids is 2. The van der Waals surface area contributed by atoms with Crippen LogP contribution in [0.5, 0.6) is 0 Å². The molecule has 0 radical (unpaired) electrons. The molecule has 1 aromatic carbocycles. The number of rotatable bonds is 4. The van der Waals surface area contributed by atoms with Gasteiger partial charge in [0, 0.05) is 50.6 Å². The van der Waals surface area contributed by atoms with Gasteiger partial charge in [0.2, 0.25) is 5.91 Å². The molecule has 2 aliphatic heterocycles. The molecule has 2 aliphatic rings. The number of amides is 2. The predicted molar refractivity (Wildman–Crippen MR) is 102 cm³/mol. The van der Waals surface area contributed by atoms with Crippen molar-refractivity contribution in [2.24, 2.45) is 13.0 Å². The Bertz CT molecular complexity index is 868. The zero-order valence-electron chi connectivity index (χ0n) is 15.8. The van der Waals surface area contributed by atoms with Crippen LogP contribution in [0.4, 0.5) is 4.39 Å². The van der Waals surface area contributed by atoms with E-state index in [2.05, 4.69) is 0 Å². The first kappa shape index (κ1) is 18.0. The van der Waals surface area contributed by atoms with E-state index in [1.165, 1.54) is 12.1 Å². The molecule has 2 amide bonds. The van der Waals surface area contributed by atoms with Crippen LogP contribution in [-0.4, -0.2) is 52.4 Å². The molecule has 0 aliphatic carbocycles. The Morgan fingerprint density at radius 1 is 1.19 bits per heavy atom. The van der Waals surface area contributed by atoms with Crippen molar-refractivity contribution in [1.82, 2.24) is 14.4 Å². The minimum Gasteiger partial charge on any atom is -0.343 e. The Balaban J connectivity index is 1.36. The van der Waals surface area contributed by atoms with Crippen molar-refractivity contribution in [3.63, 3.8) is 0 Å². The third-order valence-corrected chi connectivity index (χ3v) is 6.10. The fourth-order valence-electron chi connectivity index (χ4n) is 4.39. The SMILES string of the molecule is Cn1c(C(=O)N2CCC(CCN3CCCC3=O)CC2)cc2cc(F)ccc21. The number of likely N-dealkylation sites (tertiary alicyclic amines) is 2. The van der Waals surface area contributed by atoms with E-state index >= 15 is 0 Å². The zero-order chi connectivity index (χ0) is 19.0. The fourth-order valence-corrected chi connectivity index (χ4v) is 4.39. The molecule has 1 aromatic heterocycles. The lowest BCUT2D eigenvalue weighted by Gasteiger charge is -2.32. The highest BCUT2D eigenvalue weighted by molar-refractivity contribution is 5.98. The van der Waals surface area contributed by atoms with E-state index < -0.39 is 0 Å². The van der Waals surface area contributed by atoms with Crippen molar-refractivity contribution < 1.29 is 14.0 Å². The van der Waals surface area contributed by atoms with E-state index in [1.807, 2.05) is 21.4 Å². The predicted octanol–water partition coefficient (Wildman–Crippen LogP) is 3.18. The van der Waals surface area contributed by atoms with Crippen LogP contribution in [0.15, 0.2) is 24.3 Å². The second-order valence-corrected chi connectivity index (χ2v) is 7.80. The van der Waals surface area contributed by atoms with Crippen LogP contribution in [0.3, 0.4) is 0 Å². The van der Waals surface area contributed by atoms with Crippen LogP contribution in [-0.2, 0) is 11.8 Å². The number of carbonyl (C=O) groups is 2. The van der Waals surface area contributed by atoms with E-state index in [1.54, 1.807) is 12.1 Å². The highest BCUT2D eigenvalue weighted by Gasteiger charge is 2.27. The molecule has 4 rings (SSSR count). The molecule has 2 saturated heterocycles. The van der Waals surface area contributed by atoms with Gasteiger partial charge in [-0.1, -0.05) is 0 Å². The Kier molecular flexibility index (Phi) is 4.89. The van der Waals surface area contributed by atoms with Gasteiger partial charge in [0.1, 0.15) is 11.5 Å². The van der Waals surface area contributed by atoms with Gasteiger partial charge in [-0.15, -0.1) is 0 Å². The van der Waals surface area contributed by atoms with Gasteiger partial charge in [-0.25, -0.2) is 4.39 Å². The average Bonchev–Trinajstić information content (AvgIpc) is 3.22. The monoisotopic (exact) mass is 371 g/mol. The molecule has 2 fully saturated rings. The molecule has 27 heavy (non-hydrogen) atoms. The summed E-state index contributed by atoms with van der Waals surface area (Å²) in [6.07, 6.45) is 4.67. The van der Waals surface area contributed by atoms with Gasteiger partial charge in [0.15, 0.2) is 0 Å². The highest BCUT2D eigenvalue weighted by Crippen LogP contribution is 2.25. The van der Waals surface area contributed by atoms with Crippen molar-refractivity contribution in [3.8, 4) is 0 Å². The first-order valence-electron chi connectivity index (χ1n) is 9.85. The normalized spacial score (nSPS) is 18.7. The molecular formula is C21H26FN3O2. The number of piperidine rings is 1. The van der Waals surface area contributed by atoms with Crippen molar-refractivity contribution >= 4 is 22.7 Å². The number of aryl methyl sites for hydroxylation is 1. The van der Waals surface area contributed by atoms with Crippen molar-refractivity contribution in [2.75, 3.05) is 26.2 Å². The molecule has 0 N–H and O–H groups in total. The number of benzene rings is 1. The van der Waals surface area contributed by atoms with Gasteiger partial charge in [0.25, 0.3) is 5.91 Å². The Morgan fingerprint density at radius 3 is 2.67 bits per heavy atom. The lowest BCUT2D eigenvalue weighted by molar-refractivity contribution is -0.127. The largest absolute Gasteiger partial charge is 0.343 e. The summed E-state index contributed by atoms with van der Waals surface area (Å²) in [6.45, 7) is 3.24. The van der Waals surface area contributed by atoms with E-state index in [0.29, 0.717) is 18.0 Å². The Hall–Kier alpha value is -2.37. The van der Waals surface area contributed by atoms with Crippen LogP contribution in [0, 0.1) is 11.7 Å². The molecule has 0 saturated carbocycles. The maximum absolute atomic E-state index is 13.5. The van der Waals surface area contributed by atoms with Crippen LogP contribution >= 0.6 is 0 Å². The first-order chi connectivity index (χ1) is 13.0. The minimum atomic E-state index is -0.288. The summed E-state index contributed by atoms with van der Waals surface area (Å²) in [7, 11) is 1.85. The summed E-state index contributed by atoms with van der Waals surface area (Å²) in [4.78, 5) is 28.6. The van der Waals surface area contributed by atoms with E-state index in [4.69, 9.17) is 0 Å². The number of aromatic nitrogens is 1. The third kappa shape index (κ3) is 3.57. The number of halogens is 1. The van der Waals surface area contributed by atoms with Crippen LogP contribution < -0.4 is 0 Å². The summed E-state index contributed by atoms with van der Waals surface area (Å²) in [5.41, 5.74) is 1.47. The standard InChI is InChI=1S/C21H26FN3O2/c1-23-18-5-4-17(22)13-16(18)14-19(23)21(27)25-11-7-15(8-12-25)6-10-24-9-2-3-20(24)26/h4-5,13-15H,2-3,6-12H2,1H3. The van der Waals surface area contributed by atoms with Gasteiger partial charge in [0.05, 0.1) is 0 Å². The molecule has 0 atom stereocenters. The van der Waals surface area contributed by atoms with E-state index in [-0.39, 0.29) is 17.6 Å². The molecule has 3 heterocycles. The van der Waals surface area contributed by atoms with Crippen LogP contribution in [0.25, 0.3) is 10.9 Å². The Morgan fingerprint density at radius 2 is 1.96 bits per heavy atom. The molecule has 5 nitrogen and oxygen atoms in total. The van der Waals surface area contributed by atoms with E-state index in [0.717, 1.165) is 62.8 Å². The van der Waals surface area contributed by atoms with Crippen molar-refractivity contribution in [1.29, 1.82) is 0 Å². The van der Waals surface area contributed by atoms with Crippen molar-refractivity contribution in [3.05, 3.63) is 35.8 Å². The van der Waals surface area contributed by atoms with Crippen LogP contribution in [0.2, 0.25) is 0 Å². The summed E-state index contributed by atoms with van der Waals surface area (Å²) in [5, 5.41) is 0.756. The molecule has 0 bridgehead atoms. The van der Waals surface area contributed by atoms with Crippen LogP contribution in [0.1, 0.15) is 42.6 Å². The summed E-state index contributed by atoms with van der Waals surface area (Å²) in [5.74, 6) is 0.588. The first-order valence-corrected chi connectivity index (χ1v) is 9.85. The summed E-state index contributed by atoms with van der Waals surface area (Å²) < 4.78 is 15.3. The average molecular weight is 371 g/mol. The smallest absolute Gasteiger partial charge is 0.270 e. The molecule has 0 unspecified atom stereocenters. The summed E-state index contributed by atoms with van der Waals surface area (Å²) >= 11 is 0. The zero-order valence-corrected chi connectivity index (χ0v) is 15.8. The number of nitrogens with zero attached hydrogens (tertiary/aromatic N) is 3. The molecule has 144 valence electrons. The second kappa shape index (κ2) is 7.33. The molecule has 2 aromatic rings. The topological polar surface area (TPSA) is 45.6 Å². The maximum Gasteiger partial charge on any atom is 0.270 e.